The second-order valence-electron chi connectivity index (χ2n) is 6.32. The molecule has 2 aromatic heterocycles. The van der Waals surface area contributed by atoms with Gasteiger partial charge in [0.15, 0.2) is 10.8 Å². The number of nitrogens with zero attached hydrogens (tertiary/aromatic N) is 2. The van der Waals surface area contributed by atoms with Gasteiger partial charge in [0, 0.05) is 35.6 Å². The van der Waals surface area contributed by atoms with Crippen LogP contribution in [0, 0.1) is 5.92 Å². The zero-order valence-corrected chi connectivity index (χ0v) is 14.1. The van der Waals surface area contributed by atoms with Crippen LogP contribution in [0.3, 0.4) is 0 Å². The lowest BCUT2D eigenvalue weighted by molar-refractivity contribution is 0.102. The molecule has 0 saturated carbocycles. The van der Waals surface area contributed by atoms with Crippen molar-refractivity contribution in [2.75, 3.05) is 11.9 Å². The van der Waals surface area contributed by atoms with Crippen molar-refractivity contribution >= 4 is 22.4 Å². The van der Waals surface area contributed by atoms with Crippen molar-refractivity contribution in [3.8, 4) is 0 Å². The topological polar surface area (TPSA) is 82.7 Å². The zero-order valence-electron chi connectivity index (χ0n) is 13.2. The SMILES string of the molecule is CCC1CCc2nc(NC(=O)c3n[nH]c4c3CNCC4)sc2C1. The first kappa shape index (κ1) is 14.8. The minimum Gasteiger partial charge on any atom is -0.312 e. The van der Waals surface area contributed by atoms with E-state index in [1.54, 1.807) is 11.3 Å². The summed E-state index contributed by atoms with van der Waals surface area (Å²) >= 11 is 1.62. The van der Waals surface area contributed by atoms with Crippen molar-refractivity contribution in [2.45, 2.75) is 45.6 Å². The van der Waals surface area contributed by atoms with E-state index >= 15 is 0 Å². The number of carbonyl (C=O) groups is 1. The first-order chi connectivity index (χ1) is 11.2. The molecule has 2 aliphatic rings. The molecule has 3 N–H and O–H groups in total. The molecule has 0 radical (unpaired) electrons. The van der Waals surface area contributed by atoms with E-state index in [0.29, 0.717) is 17.4 Å². The van der Waals surface area contributed by atoms with Gasteiger partial charge in [0.2, 0.25) is 0 Å². The largest absolute Gasteiger partial charge is 0.312 e. The lowest BCUT2D eigenvalue weighted by atomic mass is 9.89. The first-order valence-corrected chi connectivity index (χ1v) is 9.13. The van der Waals surface area contributed by atoms with E-state index in [4.69, 9.17) is 0 Å². The molecule has 4 rings (SSSR count). The highest BCUT2D eigenvalue weighted by Crippen LogP contribution is 2.33. The van der Waals surface area contributed by atoms with Gasteiger partial charge in [-0.3, -0.25) is 15.2 Å². The van der Waals surface area contributed by atoms with Crippen LogP contribution in [0.5, 0.6) is 0 Å². The van der Waals surface area contributed by atoms with Crippen molar-refractivity contribution in [1.29, 1.82) is 0 Å². The Morgan fingerprint density at radius 1 is 1.43 bits per heavy atom. The molecule has 0 spiro atoms. The van der Waals surface area contributed by atoms with E-state index in [0.717, 1.165) is 43.0 Å². The van der Waals surface area contributed by atoms with Gasteiger partial charge in [-0.1, -0.05) is 13.3 Å². The Morgan fingerprint density at radius 3 is 3.22 bits per heavy atom. The molecule has 122 valence electrons. The molecule has 7 heteroatoms. The van der Waals surface area contributed by atoms with Gasteiger partial charge in [-0.25, -0.2) is 4.98 Å². The van der Waals surface area contributed by atoms with Crippen molar-refractivity contribution in [2.24, 2.45) is 5.92 Å². The van der Waals surface area contributed by atoms with Crippen LogP contribution in [0.2, 0.25) is 0 Å². The van der Waals surface area contributed by atoms with Gasteiger partial charge in [0.25, 0.3) is 5.91 Å². The Labute approximate surface area is 139 Å². The molecule has 0 bridgehead atoms. The van der Waals surface area contributed by atoms with Crippen molar-refractivity contribution in [3.05, 3.63) is 27.5 Å². The van der Waals surface area contributed by atoms with Crippen LogP contribution < -0.4 is 10.6 Å². The number of aromatic amines is 1. The normalized spacial score (nSPS) is 20.0. The summed E-state index contributed by atoms with van der Waals surface area (Å²) in [5, 5.41) is 14.1. The molecule has 1 aliphatic heterocycles. The summed E-state index contributed by atoms with van der Waals surface area (Å²) in [5.74, 6) is 0.597. The minimum absolute atomic E-state index is 0.163. The zero-order chi connectivity index (χ0) is 15.8. The van der Waals surface area contributed by atoms with Crippen molar-refractivity contribution < 1.29 is 4.79 Å². The van der Waals surface area contributed by atoms with Crippen LogP contribution in [-0.4, -0.2) is 27.6 Å². The van der Waals surface area contributed by atoms with Crippen LogP contribution in [0.15, 0.2) is 0 Å². The summed E-state index contributed by atoms with van der Waals surface area (Å²) in [6.07, 6.45) is 5.44. The molecule has 23 heavy (non-hydrogen) atoms. The Hall–Kier alpha value is -1.73. The third-order valence-electron chi connectivity index (χ3n) is 4.86. The summed E-state index contributed by atoms with van der Waals surface area (Å²) in [7, 11) is 0. The van der Waals surface area contributed by atoms with E-state index in [1.807, 2.05) is 0 Å². The number of anilines is 1. The quantitative estimate of drug-likeness (QED) is 0.806. The van der Waals surface area contributed by atoms with Crippen molar-refractivity contribution in [1.82, 2.24) is 20.5 Å². The Kier molecular flexibility index (Phi) is 3.90. The van der Waals surface area contributed by atoms with Crippen LogP contribution in [-0.2, 0) is 25.8 Å². The standard InChI is InChI=1S/C16H21N5OS/c1-2-9-3-4-12-13(7-9)23-16(18-12)19-15(22)14-10-8-17-6-5-11(10)20-21-14/h9,17H,2-8H2,1H3,(H,20,21)(H,18,19,22). The lowest BCUT2D eigenvalue weighted by Gasteiger charge is -2.18. The van der Waals surface area contributed by atoms with Gasteiger partial charge < -0.3 is 5.32 Å². The van der Waals surface area contributed by atoms with Gasteiger partial charge in [-0.15, -0.1) is 11.3 Å². The molecule has 1 amide bonds. The highest BCUT2D eigenvalue weighted by molar-refractivity contribution is 7.15. The molecule has 0 fully saturated rings. The molecular formula is C16H21N5OS. The van der Waals surface area contributed by atoms with E-state index in [9.17, 15) is 4.79 Å². The maximum atomic E-state index is 12.5. The number of carbonyl (C=O) groups excluding carboxylic acids is 1. The Balaban J connectivity index is 1.51. The van der Waals surface area contributed by atoms with Crippen molar-refractivity contribution in [3.63, 3.8) is 0 Å². The summed E-state index contributed by atoms with van der Waals surface area (Å²) in [6, 6.07) is 0. The number of hydrogen-bond donors (Lipinski definition) is 3. The molecule has 3 heterocycles. The van der Waals surface area contributed by atoms with Gasteiger partial charge in [0.05, 0.1) is 5.69 Å². The van der Waals surface area contributed by atoms with Crippen LogP contribution in [0.4, 0.5) is 5.13 Å². The maximum absolute atomic E-state index is 12.5. The Morgan fingerprint density at radius 2 is 2.35 bits per heavy atom. The summed E-state index contributed by atoms with van der Waals surface area (Å²) in [5.41, 5.74) is 3.71. The van der Waals surface area contributed by atoms with Gasteiger partial charge in [0.1, 0.15) is 0 Å². The average Bonchev–Trinajstić information content (AvgIpc) is 3.17. The van der Waals surface area contributed by atoms with E-state index in [2.05, 4.69) is 32.7 Å². The number of nitrogens with one attached hydrogen (secondary N) is 3. The average molecular weight is 331 g/mol. The van der Waals surface area contributed by atoms with Gasteiger partial charge >= 0.3 is 0 Å². The second-order valence-corrected chi connectivity index (χ2v) is 7.40. The molecule has 1 aliphatic carbocycles. The Bertz CT molecular complexity index is 735. The van der Waals surface area contributed by atoms with E-state index in [-0.39, 0.29) is 5.91 Å². The predicted octanol–water partition coefficient (Wildman–Crippen LogP) is 2.28. The minimum atomic E-state index is -0.163. The summed E-state index contributed by atoms with van der Waals surface area (Å²) < 4.78 is 0. The number of aromatic nitrogens is 3. The van der Waals surface area contributed by atoms with Gasteiger partial charge in [-0.2, -0.15) is 5.10 Å². The number of fused-ring (bicyclic) bond motifs is 2. The fourth-order valence-electron chi connectivity index (χ4n) is 3.41. The number of aryl methyl sites for hydroxylation is 1. The van der Waals surface area contributed by atoms with Crippen LogP contribution >= 0.6 is 11.3 Å². The number of amides is 1. The van der Waals surface area contributed by atoms with Crippen LogP contribution in [0.1, 0.15) is 52.1 Å². The molecule has 1 unspecified atom stereocenters. The monoisotopic (exact) mass is 331 g/mol. The first-order valence-electron chi connectivity index (χ1n) is 8.31. The third-order valence-corrected chi connectivity index (χ3v) is 5.90. The number of thiazole rings is 1. The fraction of sp³-hybridized carbons (Fsp3) is 0.562. The maximum Gasteiger partial charge on any atom is 0.278 e. The van der Waals surface area contributed by atoms with E-state index < -0.39 is 0 Å². The number of hydrogen-bond acceptors (Lipinski definition) is 5. The molecule has 2 aromatic rings. The predicted molar refractivity (Wildman–Crippen MR) is 89.9 cm³/mol. The molecule has 0 saturated heterocycles. The molecule has 1 atom stereocenters. The molecule has 6 nitrogen and oxygen atoms in total. The highest BCUT2D eigenvalue weighted by atomic mass is 32.1. The lowest BCUT2D eigenvalue weighted by Crippen LogP contribution is -2.25. The number of H-pyrrole nitrogens is 1. The highest BCUT2D eigenvalue weighted by Gasteiger charge is 2.25. The van der Waals surface area contributed by atoms with Gasteiger partial charge in [-0.05, 0) is 25.2 Å². The summed E-state index contributed by atoms with van der Waals surface area (Å²) in [4.78, 5) is 18.5. The summed E-state index contributed by atoms with van der Waals surface area (Å²) in [6.45, 7) is 3.86. The van der Waals surface area contributed by atoms with E-state index in [1.165, 1.54) is 23.4 Å². The van der Waals surface area contributed by atoms with Crippen LogP contribution in [0.25, 0.3) is 0 Å². The fourth-order valence-corrected chi connectivity index (χ4v) is 4.53. The molecule has 0 aromatic carbocycles. The third kappa shape index (κ3) is 2.79. The smallest absolute Gasteiger partial charge is 0.278 e. The molecular weight excluding hydrogens is 310 g/mol. The second kappa shape index (κ2) is 6.05. The number of rotatable bonds is 3.